The second-order valence-corrected chi connectivity index (χ2v) is 6.46. The predicted molar refractivity (Wildman–Crippen MR) is 106 cm³/mol. The largest absolute Gasteiger partial charge is 0.379 e. The van der Waals surface area contributed by atoms with Gasteiger partial charge in [-0.3, -0.25) is 9.69 Å². The number of carbonyl (C=O) groups excluding carboxylic acids is 1. The molecule has 0 spiro atoms. The van der Waals surface area contributed by atoms with E-state index in [0.29, 0.717) is 6.54 Å². The maximum absolute atomic E-state index is 12.3. The quantitative estimate of drug-likeness (QED) is 0.839. The van der Waals surface area contributed by atoms with Crippen LogP contribution in [0.15, 0.2) is 30.3 Å². The summed E-state index contributed by atoms with van der Waals surface area (Å²) in [6, 6.07) is 9.91. The average molecular weight is 390 g/mol. The first-order chi connectivity index (χ1) is 11.3. The smallest absolute Gasteiger partial charge is 0.241 e. The number of anilines is 1. The first kappa shape index (κ1) is 22.0. The molecule has 0 bridgehead atoms. The van der Waals surface area contributed by atoms with Gasteiger partial charge in [-0.25, -0.2) is 0 Å². The Bertz CT molecular complexity index is 490. The van der Waals surface area contributed by atoms with Gasteiger partial charge in [0.15, 0.2) is 0 Å². The molecule has 25 heavy (non-hydrogen) atoms. The molecule has 0 radical (unpaired) electrons. The van der Waals surface area contributed by atoms with Crippen molar-refractivity contribution in [3.63, 3.8) is 0 Å². The molecule has 2 aliphatic heterocycles. The first-order valence-corrected chi connectivity index (χ1v) is 8.68. The zero-order valence-corrected chi connectivity index (χ0v) is 16.2. The lowest BCUT2D eigenvalue weighted by molar-refractivity contribution is -0.130. The van der Waals surface area contributed by atoms with Crippen LogP contribution in [0.1, 0.15) is 12.8 Å². The van der Waals surface area contributed by atoms with Crippen LogP contribution < -0.4 is 5.32 Å². The normalized spacial score (nSPS) is 18.8. The second kappa shape index (κ2) is 11.6. The number of nitrogens with zero attached hydrogens (tertiary/aromatic N) is 2. The van der Waals surface area contributed by atoms with Crippen LogP contribution in [0.5, 0.6) is 0 Å². The molecular formula is C18H29Cl2N3O2. The number of ether oxygens (including phenoxy) is 1. The number of morpholine rings is 1. The second-order valence-electron chi connectivity index (χ2n) is 6.46. The molecule has 1 amide bonds. The third kappa shape index (κ3) is 7.02. The number of nitrogens with one attached hydrogen (secondary N) is 1. The Morgan fingerprint density at radius 1 is 1.04 bits per heavy atom. The molecule has 1 aromatic rings. The minimum absolute atomic E-state index is 0. The lowest BCUT2D eigenvalue weighted by Gasteiger charge is -2.36. The Hall–Kier alpha value is -1.01. The van der Waals surface area contributed by atoms with E-state index in [2.05, 4.69) is 10.2 Å². The molecule has 0 aliphatic carbocycles. The van der Waals surface area contributed by atoms with Crippen molar-refractivity contribution < 1.29 is 9.53 Å². The first-order valence-electron chi connectivity index (χ1n) is 8.68. The average Bonchev–Trinajstić information content (AvgIpc) is 2.62. The summed E-state index contributed by atoms with van der Waals surface area (Å²) in [5.74, 6) is 0.929. The van der Waals surface area contributed by atoms with Crippen molar-refractivity contribution in [2.24, 2.45) is 5.92 Å². The third-order valence-electron chi connectivity index (χ3n) is 4.80. The van der Waals surface area contributed by atoms with Crippen molar-refractivity contribution in [3.8, 4) is 0 Å². The van der Waals surface area contributed by atoms with E-state index in [-0.39, 0.29) is 30.7 Å². The number of halogens is 2. The predicted octanol–water partition coefficient (Wildman–Crippen LogP) is 2.51. The minimum Gasteiger partial charge on any atom is -0.379 e. The summed E-state index contributed by atoms with van der Waals surface area (Å²) in [7, 11) is 0. The van der Waals surface area contributed by atoms with Gasteiger partial charge in [0.1, 0.15) is 0 Å². The minimum atomic E-state index is 0. The Morgan fingerprint density at radius 2 is 1.68 bits per heavy atom. The molecule has 0 unspecified atom stereocenters. The maximum Gasteiger partial charge on any atom is 0.241 e. The van der Waals surface area contributed by atoms with Crippen LogP contribution in [0.2, 0.25) is 0 Å². The van der Waals surface area contributed by atoms with Crippen molar-refractivity contribution in [1.29, 1.82) is 0 Å². The van der Waals surface area contributed by atoms with Gasteiger partial charge in [-0.05, 0) is 30.9 Å². The van der Waals surface area contributed by atoms with E-state index in [1.54, 1.807) is 0 Å². The summed E-state index contributed by atoms with van der Waals surface area (Å²) in [6.45, 7) is 7.17. The number of rotatable bonds is 5. The number of hydrogen-bond donors (Lipinski definition) is 1. The van der Waals surface area contributed by atoms with Gasteiger partial charge < -0.3 is 15.0 Å². The van der Waals surface area contributed by atoms with Gasteiger partial charge in [-0.15, -0.1) is 24.8 Å². The Balaban J connectivity index is 0.00000156. The highest BCUT2D eigenvalue weighted by Gasteiger charge is 2.24. The Morgan fingerprint density at radius 3 is 2.32 bits per heavy atom. The van der Waals surface area contributed by atoms with Crippen molar-refractivity contribution in [1.82, 2.24) is 9.80 Å². The van der Waals surface area contributed by atoms with Crippen LogP contribution in [0.3, 0.4) is 0 Å². The lowest BCUT2D eigenvalue weighted by Crippen LogP contribution is -2.45. The molecular weight excluding hydrogens is 361 g/mol. The topological polar surface area (TPSA) is 44.8 Å². The monoisotopic (exact) mass is 389 g/mol. The van der Waals surface area contributed by atoms with Crippen LogP contribution in [0, 0.1) is 5.92 Å². The molecule has 0 atom stereocenters. The summed E-state index contributed by atoms with van der Waals surface area (Å²) in [5, 5.41) is 3.21. The van der Waals surface area contributed by atoms with E-state index >= 15 is 0 Å². The highest BCUT2D eigenvalue weighted by Crippen LogP contribution is 2.19. The molecule has 2 fully saturated rings. The molecule has 3 rings (SSSR count). The zero-order chi connectivity index (χ0) is 15.9. The van der Waals surface area contributed by atoms with Crippen molar-refractivity contribution in [2.75, 3.05) is 57.8 Å². The van der Waals surface area contributed by atoms with E-state index in [9.17, 15) is 4.79 Å². The van der Waals surface area contributed by atoms with Crippen molar-refractivity contribution in [2.45, 2.75) is 12.8 Å². The summed E-state index contributed by atoms with van der Waals surface area (Å²) in [5.41, 5.74) is 1.00. The number of carbonyl (C=O) groups is 1. The Kier molecular flexibility index (Phi) is 10.2. The van der Waals surface area contributed by atoms with Crippen molar-refractivity contribution >= 4 is 36.4 Å². The molecule has 0 aromatic heterocycles. The molecule has 7 heteroatoms. The third-order valence-corrected chi connectivity index (χ3v) is 4.80. The zero-order valence-electron chi connectivity index (χ0n) is 14.6. The summed E-state index contributed by atoms with van der Waals surface area (Å²) >= 11 is 0. The van der Waals surface area contributed by atoms with Gasteiger partial charge in [0.2, 0.25) is 5.91 Å². The van der Waals surface area contributed by atoms with E-state index in [1.165, 1.54) is 0 Å². The highest BCUT2D eigenvalue weighted by molar-refractivity contribution is 5.85. The standard InChI is InChI=1S/C18H27N3O2.2ClH/c22-18(14-19-17-4-2-1-3-5-17)21-8-6-16(7-9-21)15-20-10-12-23-13-11-20;;/h1-5,16,19H,6-15H2;2*1H. The number of hydrogen-bond acceptors (Lipinski definition) is 4. The molecule has 2 heterocycles. The maximum atomic E-state index is 12.3. The summed E-state index contributed by atoms with van der Waals surface area (Å²) in [4.78, 5) is 16.8. The van der Waals surface area contributed by atoms with Gasteiger partial charge in [-0.1, -0.05) is 18.2 Å². The number of benzene rings is 1. The number of piperidine rings is 1. The fraction of sp³-hybridized carbons (Fsp3) is 0.611. The van der Waals surface area contributed by atoms with Gasteiger partial charge >= 0.3 is 0 Å². The molecule has 5 nitrogen and oxygen atoms in total. The Labute approximate surface area is 162 Å². The van der Waals surface area contributed by atoms with E-state index in [4.69, 9.17) is 4.74 Å². The molecule has 2 saturated heterocycles. The van der Waals surface area contributed by atoms with E-state index in [1.807, 2.05) is 35.2 Å². The summed E-state index contributed by atoms with van der Waals surface area (Å²) < 4.78 is 5.40. The number of likely N-dealkylation sites (tertiary alicyclic amines) is 1. The lowest BCUT2D eigenvalue weighted by atomic mass is 9.96. The van der Waals surface area contributed by atoms with Crippen LogP contribution in [-0.4, -0.2) is 68.2 Å². The molecule has 1 aromatic carbocycles. The molecule has 142 valence electrons. The number of amides is 1. The van der Waals surface area contributed by atoms with E-state index < -0.39 is 0 Å². The highest BCUT2D eigenvalue weighted by atomic mass is 35.5. The van der Waals surface area contributed by atoms with Gasteiger partial charge in [-0.2, -0.15) is 0 Å². The SMILES string of the molecule is Cl.Cl.O=C(CNc1ccccc1)N1CCC(CN2CCOCC2)CC1. The van der Waals surface area contributed by atoms with Crippen LogP contribution >= 0.6 is 24.8 Å². The van der Waals surface area contributed by atoms with Gasteiger partial charge in [0, 0.05) is 38.4 Å². The van der Waals surface area contributed by atoms with Gasteiger partial charge in [0.25, 0.3) is 0 Å². The fourth-order valence-electron chi connectivity index (χ4n) is 3.36. The molecule has 1 N–H and O–H groups in total. The fourth-order valence-corrected chi connectivity index (χ4v) is 3.36. The molecule has 2 aliphatic rings. The molecule has 0 saturated carbocycles. The van der Waals surface area contributed by atoms with Crippen LogP contribution in [0.25, 0.3) is 0 Å². The van der Waals surface area contributed by atoms with Crippen LogP contribution in [0.4, 0.5) is 5.69 Å². The van der Waals surface area contributed by atoms with Gasteiger partial charge in [0.05, 0.1) is 19.8 Å². The number of para-hydroxylation sites is 1. The summed E-state index contributed by atoms with van der Waals surface area (Å²) in [6.07, 6.45) is 2.24. The van der Waals surface area contributed by atoms with Crippen LogP contribution in [-0.2, 0) is 9.53 Å². The van der Waals surface area contributed by atoms with Crippen molar-refractivity contribution in [3.05, 3.63) is 30.3 Å². The van der Waals surface area contributed by atoms with E-state index in [0.717, 1.165) is 70.4 Å².